The first kappa shape index (κ1) is 25.7. The van der Waals surface area contributed by atoms with Crippen molar-refractivity contribution in [1.29, 1.82) is 0 Å². The number of aromatic nitrogens is 6. The van der Waals surface area contributed by atoms with Crippen LogP contribution in [-0.2, 0) is 23.8 Å². The Morgan fingerprint density at radius 2 is 1.66 bits per heavy atom. The lowest BCUT2D eigenvalue weighted by Gasteiger charge is -2.24. The fourth-order valence-corrected chi connectivity index (χ4v) is 5.91. The Hall–Kier alpha value is -2.41. The van der Waals surface area contributed by atoms with Crippen LogP contribution in [0.1, 0.15) is 102 Å². The molecule has 7 heteroatoms. The summed E-state index contributed by atoms with van der Waals surface area (Å²) in [5.41, 5.74) is 5.34. The zero-order chi connectivity index (χ0) is 25.7. The van der Waals surface area contributed by atoms with E-state index < -0.39 is 0 Å². The summed E-state index contributed by atoms with van der Waals surface area (Å²) in [5, 5.41) is 5.14. The third kappa shape index (κ3) is 4.84. The van der Waals surface area contributed by atoms with Crippen molar-refractivity contribution in [3.63, 3.8) is 0 Å². The summed E-state index contributed by atoms with van der Waals surface area (Å²) < 4.78 is 3.34. The van der Waals surface area contributed by atoms with E-state index in [0.717, 1.165) is 53.3 Å². The van der Waals surface area contributed by atoms with E-state index in [1.807, 2.05) is 12.4 Å². The number of rotatable bonds is 6. The van der Waals surface area contributed by atoms with Crippen LogP contribution < -0.4 is 0 Å². The standard InChI is InChI=1S/C28H40N6S/c1-11-18(16(3)22-17(4)35-20-14-29-21(12-2)31-24(20)22)15-34-19-13-30-26(28(8,9)10)32-23(19)25(33-34)27(5,6)7/h13-14,16,18H,11-12,15H2,1-10H3. The number of hydrogen-bond acceptors (Lipinski definition) is 6. The fourth-order valence-electron chi connectivity index (χ4n) is 4.83. The van der Waals surface area contributed by atoms with Crippen LogP contribution in [-0.4, -0.2) is 29.7 Å². The molecule has 0 aromatic carbocycles. The van der Waals surface area contributed by atoms with Gasteiger partial charge in [0.2, 0.25) is 0 Å². The second kappa shape index (κ2) is 9.23. The Bertz CT molecular complexity index is 1350. The molecule has 0 spiro atoms. The lowest BCUT2D eigenvalue weighted by atomic mass is 9.85. The number of hydrogen-bond donors (Lipinski definition) is 0. The maximum absolute atomic E-state index is 5.14. The van der Waals surface area contributed by atoms with Gasteiger partial charge in [0.05, 0.1) is 22.1 Å². The molecule has 0 saturated carbocycles. The first-order chi connectivity index (χ1) is 16.3. The van der Waals surface area contributed by atoms with Gasteiger partial charge in [-0.1, -0.05) is 68.7 Å². The van der Waals surface area contributed by atoms with E-state index in [4.69, 9.17) is 20.1 Å². The molecule has 4 heterocycles. The van der Waals surface area contributed by atoms with Gasteiger partial charge in [-0.25, -0.2) is 19.9 Å². The van der Waals surface area contributed by atoms with E-state index in [9.17, 15) is 0 Å². The number of thiophene rings is 1. The highest BCUT2D eigenvalue weighted by molar-refractivity contribution is 7.19. The van der Waals surface area contributed by atoms with Crippen molar-refractivity contribution >= 4 is 32.6 Å². The third-order valence-electron chi connectivity index (χ3n) is 6.99. The summed E-state index contributed by atoms with van der Waals surface area (Å²) in [6, 6.07) is 0. The van der Waals surface area contributed by atoms with Crippen molar-refractivity contribution in [2.45, 2.75) is 105 Å². The number of nitrogens with zero attached hydrogens (tertiary/aromatic N) is 6. The maximum Gasteiger partial charge on any atom is 0.134 e. The van der Waals surface area contributed by atoms with Gasteiger partial charge in [-0.05, 0) is 24.3 Å². The summed E-state index contributed by atoms with van der Waals surface area (Å²) in [6.07, 6.45) is 5.88. The van der Waals surface area contributed by atoms with Crippen LogP contribution in [0.5, 0.6) is 0 Å². The highest BCUT2D eigenvalue weighted by Gasteiger charge is 2.29. The Kier molecular flexibility index (Phi) is 6.77. The molecule has 35 heavy (non-hydrogen) atoms. The Balaban J connectivity index is 1.77. The van der Waals surface area contributed by atoms with Gasteiger partial charge < -0.3 is 0 Å². The Labute approximate surface area is 213 Å². The van der Waals surface area contributed by atoms with Gasteiger partial charge in [-0.2, -0.15) is 5.10 Å². The van der Waals surface area contributed by atoms with Crippen molar-refractivity contribution in [2.24, 2.45) is 5.92 Å². The summed E-state index contributed by atoms with van der Waals surface area (Å²) >= 11 is 1.81. The lowest BCUT2D eigenvalue weighted by molar-refractivity contribution is 0.358. The smallest absolute Gasteiger partial charge is 0.134 e. The number of fused-ring (bicyclic) bond motifs is 2. The quantitative estimate of drug-likeness (QED) is 0.286. The van der Waals surface area contributed by atoms with Gasteiger partial charge in [0.15, 0.2) is 0 Å². The Morgan fingerprint density at radius 3 is 2.26 bits per heavy atom. The molecule has 4 rings (SSSR count). The van der Waals surface area contributed by atoms with Crippen LogP contribution in [0, 0.1) is 12.8 Å². The van der Waals surface area contributed by atoms with Gasteiger partial charge in [-0.15, -0.1) is 11.3 Å². The average Bonchev–Trinajstić information content (AvgIpc) is 3.32. The van der Waals surface area contributed by atoms with E-state index in [1.165, 1.54) is 15.1 Å². The molecule has 2 unspecified atom stereocenters. The van der Waals surface area contributed by atoms with E-state index in [1.54, 1.807) is 11.3 Å². The van der Waals surface area contributed by atoms with Crippen molar-refractivity contribution < 1.29 is 0 Å². The molecule has 0 fully saturated rings. The predicted octanol–water partition coefficient (Wildman–Crippen LogP) is 7.13. The van der Waals surface area contributed by atoms with Gasteiger partial charge in [0.25, 0.3) is 0 Å². The summed E-state index contributed by atoms with van der Waals surface area (Å²) in [4.78, 5) is 20.6. The van der Waals surface area contributed by atoms with E-state index >= 15 is 0 Å². The van der Waals surface area contributed by atoms with Crippen molar-refractivity contribution in [1.82, 2.24) is 29.7 Å². The molecule has 0 saturated heterocycles. The molecule has 0 radical (unpaired) electrons. The van der Waals surface area contributed by atoms with Gasteiger partial charge in [0.1, 0.15) is 22.7 Å². The van der Waals surface area contributed by atoms with Crippen LogP contribution in [0.4, 0.5) is 0 Å². The minimum absolute atomic E-state index is 0.103. The highest BCUT2D eigenvalue weighted by Crippen LogP contribution is 2.40. The lowest BCUT2D eigenvalue weighted by Crippen LogP contribution is -2.19. The van der Waals surface area contributed by atoms with Crippen LogP contribution in [0.25, 0.3) is 21.3 Å². The molecule has 6 nitrogen and oxygen atoms in total. The molecular formula is C28H40N6S. The average molecular weight is 493 g/mol. The molecule has 0 aliphatic carbocycles. The fraction of sp³-hybridized carbons (Fsp3) is 0.607. The largest absolute Gasteiger partial charge is 0.261 e. The van der Waals surface area contributed by atoms with Crippen molar-refractivity contribution in [3.8, 4) is 0 Å². The third-order valence-corrected chi connectivity index (χ3v) is 8.03. The minimum Gasteiger partial charge on any atom is -0.261 e. The topological polar surface area (TPSA) is 69.4 Å². The van der Waals surface area contributed by atoms with E-state index in [-0.39, 0.29) is 10.8 Å². The molecule has 0 aliphatic rings. The molecule has 4 aromatic rings. The van der Waals surface area contributed by atoms with Gasteiger partial charge >= 0.3 is 0 Å². The summed E-state index contributed by atoms with van der Waals surface area (Å²) in [6.45, 7) is 22.9. The molecule has 188 valence electrons. The molecular weight excluding hydrogens is 452 g/mol. The predicted molar refractivity (Wildman–Crippen MR) is 146 cm³/mol. The van der Waals surface area contributed by atoms with Crippen LogP contribution in [0.3, 0.4) is 0 Å². The van der Waals surface area contributed by atoms with Crippen molar-refractivity contribution in [3.05, 3.63) is 40.2 Å². The van der Waals surface area contributed by atoms with E-state index in [2.05, 4.69) is 78.9 Å². The molecule has 0 N–H and O–H groups in total. The van der Waals surface area contributed by atoms with Crippen LogP contribution in [0.15, 0.2) is 12.4 Å². The molecule has 0 bridgehead atoms. The SMILES string of the molecule is CCc1ncc2sc(C)c(C(C)C(CC)Cn3nc(C(C)(C)C)c4nc(C(C)(C)C)ncc43)c2n1. The van der Waals surface area contributed by atoms with Gasteiger partial charge in [-0.3, -0.25) is 4.68 Å². The van der Waals surface area contributed by atoms with Crippen molar-refractivity contribution in [2.75, 3.05) is 0 Å². The zero-order valence-corrected chi connectivity index (χ0v) is 23.8. The first-order valence-corrected chi connectivity index (χ1v) is 13.7. The van der Waals surface area contributed by atoms with Gasteiger partial charge in [0, 0.05) is 34.9 Å². The second-order valence-corrected chi connectivity index (χ2v) is 13.1. The monoisotopic (exact) mass is 492 g/mol. The summed E-state index contributed by atoms with van der Waals surface area (Å²) in [7, 11) is 0. The zero-order valence-electron chi connectivity index (χ0n) is 23.0. The minimum atomic E-state index is -0.108. The van der Waals surface area contributed by atoms with E-state index in [0.29, 0.717) is 11.8 Å². The first-order valence-electron chi connectivity index (χ1n) is 12.8. The molecule has 4 aromatic heterocycles. The second-order valence-electron chi connectivity index (χ2n) is 11.8. The highest BCUT2D eigenvalue weighted by atomic mass is 32.1. The van der Waals surface area contributed by atoms with Crippen LogP contribution >= 0.6 is 11.3 Å². The maximum atomic E-state index is 5.14. The summed E-state index contributed by atoms with van der Waals surface area (Å²) in [5.74, 6) is 2.53. The molecule has 2 atom stereocenters. The van der Waals surface area contributed by atoms with Crippen LogP contribution in [0.2, 0.25) is 0 Å². The molecule has 0 amide bonds. The normalized spacial score (nSPS) is 14.7. The molecule has 0 aliphatic heterocycles. The Morgan fingerprint density at radius 1 is 0.943 bits per heavy atom. The number of aryl methyl sites for hydroxylation is 2.